The molecule has 31 atom stereocenters. The summed E-state index contributed by atoms with van der Waals surface area (Å²) in [7, 11) is 0. The number of Topliss-reactive ketones (excluding diaryl/α,β-unsaturated/α-hetero) is 1. The SMILES string of the molecule is CC(=O)[C@@H](C)CC[C@@]1(C(=O)O[C@H]2O[C@@H](CO[C@H]3OC[C@H](O)[C@@H](O)[C@@H]3O[C@H]3O[C@@H](C)[C@H](O)[C@@H](O)[C@@H]3O)[C@H](O)[C@@H](O)[C@@H]2O)C=C2C=C[C@@H]3[C@]4(C)CC[C@@H](O[C@H]5OC[C@H](O)[C@@H](O[C@H]6O[C@@H](CO)[C@H](O)[C@@H](O)[C@@H]6O)[C@@H]5O)C(C)(C)[C@H]4CC[C@]3(C)[C@]2(C)CC1. The Morgan fingerprint density at radius 2 is 1.23 bits per heavy atom. The molecule has 480 valence electrons. The summed E-state index contributed by atoms with van der Waals surface area (Å²) >= 11 is 0. The Hall–Kier alpha value is -2.30. The minimum absolute atomic E-state index is 0.0381. The molecule has 9 aliphatic rings. The highest BCUT2D eigenvalue weighted by atomic mass is 16.8. The zero-order chi connectivity index (χ0) is 61.5. The molecule has 14 N–H and O–H groups in total. The van der Waals surface area contributed by atoms with Crippen LogP contribution in [0, 0.1) is 44.8 Å². The molecule has 9 rings (SSSR count). The molecule has 2 saturated carbocycles. The first-order valence-corrected chi connectivity index (χ1v) is 29.7. The van der Waals surface area contributed by atoms with Crippen molar-refractivity contribution in [2.45, 2.75) is 254 Å². The number of esters is 1. The lowest BCUT2D eigenvalue weighted by atomic mass is 9.36. The van der Waals surface area contributed by atoms with Crippen LogP contribution in [0.5, 0.6) is 0 Å². The maximum atomic E-state index is 15.0. The van der Waals surface area contributed by atoms with Gasteiger partial charge in [0, 0.05) is 5.92 Å². The van der Waals surface area contributed by atoms with Crippen molar-refractivity contribution in [3.05, 3.63) is 23.8 Å². The Labute approximate surface area is 488 Å². The van der Waals surface area contributed by atoms with Crippen LogP contribution in [0.25, 0.3) is 0 Å². The van der Waals surface area contributed by atoms with E-state index in [0.717, 1.165) is 24.8 Å². The lowest BCUT2D eigenvalue weighted by Crippen LogP contribution is -2.65. The van der Waals surface area contributed by atoms with Gasteiger partial charge in [-0.05, 0) is 104 Å². The van der Waals surface area contributed by atoms with Gasteiger partial charge in [0.25, 0.3) is 0 Å². The lowest BCUT2D eigenvalue weighted by Gasteiger charge is -2.69. The zero-order valence-electron chi connectivity index (χ0n) is 49.0. The molecule has 7 fully saturated rings. The molecular weight excluding hydrogens is 1110 g/mol. The van der Waals surface area contributed by atoms with Crippen LogP contribution < -0.4 is 0 Å². The van der Waals surface area contributed by atoms with Crippen LogP contribution in [0.1, 0.15) is 107 Å². The van der Waals surface area contributed by atoms with Crippen molar-refractivity contribution < 1.29 is 128 Å². The number of aliphatic hydroxyl groups excluding tert-OH is 14. The van der Waals surface area contributed by atoms with Gasteiger partial charge in [0.15, 0.2) is 25.2 Å². The molecule has 0 radical (unpaired) electrons. The molecule has 26 nitrogen and oxygen atoms in total. The quantitative estimate of drug-likeness (QED) is 0.0558. The number of aliphatic hydroxyl groups is 14. The largest absolute Gasteiger partial charge is 0.432 e. The lowest BCUT2D eigenvalue weighted by molar-refractivity contribution is -0.359. The highest BCUT2D eigenvalue weighted by molar-refractivity contribution is 5.81. The van der Waals surface area contributed by atoms with Crippen molar-refractivity contribution in [3.8, 4) is 0 Å². The van der Waals surface area contributed by atoms with Crippen LogP contribution >= 0.6 is 0 Å². The van der Waals surface area contributed by atoms with Gasteiger partial charge in [0.2, 0.25) is 6.29 Å². The zero-order valence-corrected chi connectivity index (χ0v) is 49.0. The van der Waals surface area contributed by atoms with Crippen molar-refractivity contribution in [2.24, 2.45) is 44.8 Å². The Morgan fingerprint density at radius 1 is 0.631 bits per heavy atom. The second-order valence-corrected chi connectivity index (χ2v) is 26.8. The normalized spacial score (nSPS) is 51.6. The first-order valence-electron chi connectivity index (χ1n) is 29.7. The van der Waals surface area contributed by atoms with Gasteiger partial charge in [0.1, 0.15) is 110 Å². The minimum Gasteiger partial charge on any atom is -0.432 e. The average molecular weight is 1210 g/mol. The van der Waals surface area contributed by atoms with Crippen molar-refractivity contribution in [3.63, 3.8) is 0 Å². The molecule has 0 aromatic heterocycles. The van der Waals surface area contributed by atoms with E-state index in [9.17, 15) is 76.3 Å². The van der Waals surface area contributed by atoms with E-state index in [-0.39, 0.29) is 47.9 Å². The van der Waals surface area contributed by atoms with Crippen molar-refractivity contribution in [1.82, 2.24) is 0 Å². The Morgan fingerprint density at radius 3 is 1.89 bits per heavy atom. The van der Waals surface area contributed by atoms with Gasteiger partial charge in [0.05, 0.1) is 44.1 Å². The number of allylic oxidation sites excluding steroid dienone is 3. The van der Waals surface area contributed by atoms with E-state index in [4.69, 9.17) is 47.4 Å². The minimum atomic E-state index is -1.94. The third-order valence-corrected chi connectivity index (χ3v) is 21.5. The molecular formula is C58H92O26. The monoisotopic (exact) mass is 1200 g/mol. The number of rotatable bonds is 16. The molecule has 4 aliphatic carbocycles. The molecule has 84 heavy (non-hydrogen) atoms. The number of ether oxygens (including phenoxy) is 10. The first kappa shape index (κ1) is 66.1. The molecule has 0 aromatic rings. The predicted molar refractivity (Wildman–Crippen MR) is 284 cm³/mol. The third-order valence-electron chi connectivity index (χ3n) is 21.5. The molecule has 5 heterocycles. The Bertz CT molecular complexity index is 2360. The van der Waals surface area contributed by atoms with Gasteiger partial charge in [-0.15, -0.1) is 0 Å². The number of carbonyl (C=O) groups is 2. The number of fused-ring (bicyclic) bond motifs is 5. The van der Waals surface area contributed by atoms with Gasteiger partial charge in [-0.25, -0.2) is 0 Å². The number of ketones is 1. The van der Waals surface area contributed by atoms with Gasteiger partial charge in [-0.2, -0.15) is 0 Å². The molecule has 0 aromatic carbocycles. The smallest absolute Gasteiger partial charge is 0.318 e. The summed E-state index contributed by atoms with van der Waals surface area (Å²) in [6.07, 6.45) is -26.6. The second-order valence-electron chi connectivity index (χ2n) is 26.8. The fourth-order valence-corrected chi connectivity index (χ4v) is 15.5. The third kappa shape index (κ3) is 11.8. The van der Waals surface area contributed by atoms with E-state index in [0.29, 0.717) is 19.3 Å². The molecule has 26 heteroatoms. The summed E-state index contributed by atoms with van der Waals surface area (Å²) < 4.78 is 58.8. The van der Waals surface area contributed by atoms with Crippen LogP contribution in [0.3, 0.4) is 0 Å². The van der Waals surface area contributed by atoms with E-state index < -0.39 is 195 Å². The van der Waals surface area contributed by atoms with E-state index in [1.165, 1.54) is 13.8 Å². The summed E-state index contributed by atoms with van der Waals surface area (Å²) in [6, 6.07) is 0. The van der Waals surface area contributed by atoms with Gasteiger partial charge in [-0.3, -0.25) is 9.59 Å². The number of carbonyl (C=O) groups excluding carboxylic acids is 2. The fraction of sp³-hybridized carbons (Fsp3) is 0.897. The summed E-state index contributed by atoms with van der Waals surface area (Å²) in [4.78, 5) is 27.7. The van der Waals surface area contributed by atoms with Gasteiger partial charge < -0.3 is 119 Å². The molecule has 0 unspecified atom stereocenters. The van der Waals surface area contributed by atoms with Crippen LogP contribution in [0.4, 0.5) is 0 Å². The van der Waals surface area contributed by atoms with Crippen LogP contribution in [0.2, 0.25) is 0 Å². The van der Waals surface area contributed by atoms with E-state index in [2.05, 4.69) is 46.8 Å². The predicted octanol–water partition coefficient (Wildman–Crippen LogP) is -2.56. The number of hydrogen-bond acceptors (Lipinski definition) is 26. The molecule has 0 spiro atoms. The van der Waals surface area contributed by atoms with Crippen molar-refractivity contribution in [2.75, 3.05) is 26.4 Å². The van der Waals surface area contributed by atoms with Gasteiger partial charge in [-0.1, -0.05) is 59.8 Å². The molecule has 5 aliphatic heterocycles. The first-order chi connectivity index (χ1) is 39.3. The van der Waals surface area contributed by atoms with Crippen LogP contribution in [-0.2, 0) is 57.0 Å². The highest BCUT2D eigenvalue weighted by Crippen LogP contribution is 2.73. The van der Waals surface area contributed by atoms with Crippen LogP contribution in [0.15, 0.2) is 23.8 Å². The maximum absolute atomic E-state index is 15.0. The van der Waals surface area contributed by atoms with E-state index in [1.807, 2.05) is 6.08 Å². The molecule has 0 bridgehead atoms. The summed E-state index contributed by atoms with van der Waals surface area (Å²) in [5, 5.41) is 150. The topological polar surface area (TPSA) is 410 Å². The number of hydrogen-bond donors (Lipinski definition) is 14. The van der Waals surface area contributed by atoms with Crippen LogP contribution in [-0.4, -0.2) is 257 Å². The Balaban J connectivity index is 0.904. The summed E-state index contributed by atoms with van der Waals surface area (Å²) in [5.74, 6) is -1.16. The summed E-state index contributed by atoms with van der Waals surface area (Å²) in [6.45, 7) is 13.8. The van der Waals surface area contributed by atoms with E-state index in [1.54, 1.807) is 6.92 Å². The molecule has 0 amide bonds. The molecule has 5 saturated heterocycles. The van der Waals surface area contributed by atoms with Crippen molar-refractivity contribution in [1.29, 1.82) is 0 Å². The second kappa shape index (κ2) is 25.2. The standard InChI is InChI=1S/C58H92O26/c1-24(25(2)60)11-16-58(53(74)84-51-44(72)41(69)38(66)31(80-51)23-77-52-47(36(64)28(61)21-76-52)83-49-42(70)39(67)35(63)26(3)78-49)18-17-56(7)27(19-58)9-10-33-55(6)14-13-34(54(4,5)32(55)12-15-57(33,56)8)81-48-45(73)46(29(62)22-75-48)82-50-43(71)40(68)37(65)30(20-59)79-50/h9-10,19,24,26,28-52,59,61-73H,11-18,20-23H2,1-8H3/t24-,26-,28-,29-,30-,31-,32+,33+,34+,35-,36+,37-,38-,39+,40+,41+,42-,43-,44-,45-,46+,47-,48+,49+,50+,51+,52+,55+,56+,57-,58-/m0/s1. The van der Waals surface area contributed by atoms with E-state index >= 15 is 4.79 Å². The Kier molecular flexibility index (Phi) is 19.8. The highest BCUT2D eigenvalue weighted by Gasteiger charge is 2.67. The van der Waals surface area contributed by atoms with Crippen molar-refractivity contribution >= 4 is 11.8 Å². The fourth-order valence-electron chi connectivity index (χ4n) is 15.5. The average Bonchev–Trinajstić information content (AvgIpc) is 1.04. The van der Waals surface area contributed by atoms with Gasteiger partial charge >= 0.3 is 5.97 Å². The maximum Gasteiger partial charge on any atom is 0.318 e. The summed E-state index contributed by atoms with van der Waals surface area (Å²) in [5.41, 5.74) is -2.06.